The summed E-state index contributed by atoms with van der Waals surface area (Å²) in [4.78, 5) is 40.9. The zero-order valence-corrected chi connectivity index (χ0v) is 16.3. The van der Waals surface area contributed by atoms with Gasteiger partial charge < -0.3 is 14.8 Å². The lowest BCUT2D eigenvalue weighted by atomic mass is 10.1. The molecule has 146 valence electrons. The van der Waals surface area contributed by atoms with Crippen LogP contribution in [-0.4, -0.2) is 40.8 Å². The Morgan fingerprint density at radius 3 is 2.32 bits per heavy atom. The van der Waals surface area contributed by atoms with Crippen molar-refractivity contribution < 1.29 is 19.1 Å². The summed E-state index contributed by atoms with van der Waals surface area (Å²) in [5, 5.41) is 8.10. The summed E-state index contributed by atoms with van der Waals surface area (Å²) in [7, 11) is 2.51. The molecule has 0 saturated heterocycles. The predicted octanol–water partition coefficient (Wildman–Crippen LogP) is 1.90. The highest BCUT2D eigenvalue weighted by Crippen LogP contribution is 2.18. The van der Waals surface area contributed by atoms with E-state index in [2.05, 4.69) is 15.4 Å². The molecule has 0 bridgehead atoms. The zero-order chi connectivity index (χ0) is 20.3. The van der Waals surface area contributed by atoms with Crippen molar-refractivity contribution in [1.29, 1.82) is 0 Å². The third-order valence-electron chi connectivity index (χ3n) is 3.89. The fourth-order valence-electron chi connectivity index (χ4n) is 2.52. The van der Waals surface area contributed by atoms with Crippen LogP contribution in [0.25, 0.3) is 4.96 Å². The quantitative estimate of drug-likeness (QED) is 0.622. The van der Waals surface area contributed by atoms with Crippen LogP contribution in [-0.2, 0) is 22.4 Å². The number of nitrogens with zero attached hydrogens (tertiary/aromatic N) is 3. The largest absolute Gasteiger partial charge is 0.465 e. The number of aryl methyl sites for hydroxylation is 1. The fraction of sp³-hybridized carbons (Fsp3) is 0.278. The standard InChI is InChI=1S/C18H18N4O5S/c1-4-14-21-22-15(23)8-13(20-18(22)28-14)9-19-12-6-10(16(24)26-2)5-11(7-12)17(25)27-3/h5-8,19H,4,9H2,1-3H3. The molecule has 0 unspecified atom stereocenters. The number of rotatable bonds is 6. The molecule has 1 N–H and O–H groups in total. The second-order valence-corrected chi connectivity index (χ2v) is 6.81. The summed E-state index contributed by atoms with van der Waals surface area (Å²) in [6, 6.07) is 5.88. The van der Waals surface area contributed by atoms with E-state index in [0.717, 1.165) is 11.4 Å². The number of esters is 2. The van der Waals surface area contributed by atoms with E-state index < -0.39 is 11.9 Å². The molecule has 3 aromatic rings. The number of fused-ring (bicyclic) bond motifs is 1. The number of methoxy groups -OCH3 is 2. The lowest BCUT2D eigenvalue weighted by molar-refractivity contribution is 0.0599. The zero-order valence-electron chi connectivity index (χ0n) is 15.5. The first kappa shape index (κ1) is 19.5. The van der Waals surface area contributed by atoms with Gasteiger partial charge in [0.1, 0.15) is 5.01 Å². The van der Waals surface area contributed by atoms with Gasteiger partial charge in [-0.25, -0.2) is 14.6 Å². The normalized spacial score (nSPS) is 10.7. The molecule has 0 atom stereocenters. The number of hydrogen-bond acceptors (Lipinski definition) is 9. The molecule has 0 aliphatic rings. The van der Waals surface area contributed by atoms with Gasteiger partial charge in [0.05, 0.1) is 37.6 Å². The van der Waals surface area contributed by atoms with Crippen molar-refractivity contribution >= 4 is 33.9 Å². The van der Waals surface area contributed by atoms with Gasteiger partial charge in [-0.1, -0.05) is 18.3 Å². The van der Waals surface area contributed by atoms with E-state index in [1.54, 1.807) is 12.1 Å². The number of anilines is 1. The number of aromatic nitrogens is 3. The van der Waals surface area contributed by atoms with E-state index in [9.17, 15) is 14.4 Å². The second kappa shape index (κ2) is 8.17. The Balaban J connectivity index is 1.89. The van der Waals surface area contributed by atoms with Crippen LogP contribution >= 0.6 is 11.3 Å². The minimum Gasteiger partial charge on any atom is -0.465 e. The summed E-state index contributed by atoms with van der Waals surface area (Å²) >= 11 is 1.36. The van der Waals surface area contributed by atoms with Crippen LogP contribution in [0.1, 0.15) is 38.3 Å². The van der Waals surface area contributed by atoms with E-state index in [0.29, 0.717) is 16.3 Å². The van der Waals surface area contributed by atoms with Crippen LogP contribution in [0.2, 0.25) is 0 Å². The number of benzene rings is 1. The Kier molecular flexibility index (Phi) is 5.69. The number of hydrogen-bond donors (Lipinski definition) is 1. The molecule has 3 rings (SSSR count). The van der Waals surface area contributed by atoms with E-state index in [-0.39, 0.29) is 23.2 Å². The third-order valence-corrected chi connectivity index (χ3v) is 4.94. The Morgan fingerprint density at radius 1 is 1.11 bits per heavy atom. The summed E-state index contributed by atoms with van der Waals surface area (Å²) in [6.07, 6.45) is 0.720. The highest BCUT2D eigenvalue weighted by atomic mass is 32.1. The smallest absolute Gasteiger partial charge is 0.337 e. The first-order valence-corrected chi connectivity index (χ1v) is 9.21. The van der Waals surface area contributed by atoms with Crippen molar-refractivity contribution in [3.05, 3.63) is 56.4 Å². The van der Waals surface area contributed by atoms with Gasteiger partial charge in [0.25, 0.3) is 5.56 Å². The van der Waals surface area contributed by atoms with Crippen molar-refractivity contribution in [1.82, 2.24) is 14.6 Å². The SMILES string of the molecule is CCc1nn2c(=O)cc(CNc3cc(C(=O)OC)cc(C(=O)OC)c3)nc2s1. The van der Waals surface area contributed by atoms with E-state index in [1.165, 1.54) is 42.2 Å². The molecule has 0 amide bonds. The number of ether oxygens (including phenoxy) is 2. The van der Waals surface area contributed by atoms with Crippen LogP contribution in [0, 0.1) is 0 Å². The summed E-state index contributed by atoms with van der Waals surface area (Å²) in [6.45, 7) is 2.18. The van der Waals surface area contributed by atoms with Gasteiger partial charge in [-0.05, 0) is 24.6 Å². The van der Waals surface area contributed by atoms with Gasteiger partial charge in [0, 0.05) is 11.8 Å². The molecule has 0 fully saturated rings. The van der Waals surface area contributed by atoms with Crippen LogP contribution in [0.4, 0.5) is 5.69 Å². The maximum atomic E-state index is 12.2. The Bertz CT molecular complexity index is 1070. The van der Waals surface area contributed by atoms with Gasteiger partial charge in [0.15, 0.2) is 0 Å². The van der Waals surface area contributed by atoms with Crippen molar-refractivity contribution in [3.63, 3.8) is 0 Å². The van der Waals surface area contributed by atoms with Gasteiger partial charge in [-0.3, -0.25) is 4.79 Å². The Hall–Kier alpha value is -3.27. The highest BCUT2D eigenvalue weighted by molar-refractivity contribution is 7.16. The van der Waals surface area contributed by atoms with Gasteiger partial charge >= 0.3 is 11.9 Å². The second-order valence-electron chi connectivity index (χ2n) is 5.77. The summed E-state index contributed by atoms with van der Waals surface area (Å²) in [5.41, 5.74) is 1.14. The maximum absolute atomic E-state index is 12.2. The molecule has 0 aliphatic heterocycles. The van der Waals surface area contributed by atoms with E-state index in [4.69, 9.17) is 9.47 Å². The lowest BCUT2D eigenvalue weighted by Gasteiger charge is -2.10. The minimum atomic E-state index is -0.580. The lowest BCUT2D eigenvalue weighted by Crippen LogP contribution is -2.17. The van der Waals surface area contributed by atoms with Crippen molar-refractivity contribution in [2.45, 2.75) is 19.9 Å². The van der Waals surface area contributed by atoms with Crippen LogP contribution in [0.5, 0.6) is 0 Å². The van der Waals surface area contributed by atoms with Crippen LogP contribution < -0.4 is 10.9 Å². The molecule has 0 spiro atoms. The molecule has 2 heterocycles. The Morgan fingerprint density at radius 2 is 1.75 bits per heavy atom. The van der Waals surface area contributed by atoms with Crippen LogP contribution in [0.15, 0.2) is 29.1 Å². The topological polar surface area (TPSA) is 112 Å². The average molecular weight is 402 g/mol. The van der Waals surface area contributed by atoms with Crippen LogP contribution in [0.3, 0.4) is 0 Å². The van der Waals surface area contributed by atoms with Crippen molar-refractivity contribution in [2.75, 3.05) is 19.5 Å². The van der Waals surface area contributed by atoms with Crippen molar-refractivity contribution in [3.8, 4) is 0 Å². The molecule has 0 aliphatic carbocycles. The molecular weight excluding hydrogens is 384 g/mol. The number of carbonyl (C=O) groups excluding carboxylic acids is 2. The van der Waals surface area contributed by atoms with Crippen molar-refractivity contribution in [2.24, 2.45) is 0 Å². The molecule has 1 aromatic carbocycles. The Labute approximate surface area is 163 Å². The molecule has 9 nitrogen and oxygen atoms in total. The predicted molar refractivity (Wildman–Crippen MR) is 103 cm³/mol. The van der Waals surface area contributed by atoms with Gasteiger partial charge in [-0.2, -0.15) is 9.61 Å². The molecule has 0 saturated carbocycles. The number of carbonyl (C=O) groups is 2. The van der Waals surface area contributed by atoms with E-state index in [1.807, 2.05) is 6.92 Å². The van der Waals surface area contributed by atoms with E-state index >= 15 is 0 Å². The fourth-order valence-corrected chi connectivity index (χ4v) is 3.38. The van der Waals surface area contributed by atoms with Gasteiger partial charge in [0.2, 0.25) is 4.96 Å². The molecule has 28 heavy (non-hydrogen) atoms. The minimum absolute atomic E-state index is 0.200. The van der Waals surface area contributed by atoms with Gasteiger partial charge in [-0.15, -0.1) is 0 Å². The molecule has 2 aromatic heterocycles. The molecule has 10 heteroatoms. The summed E-state index contributed by atoms with van der Waals surface area (Å²) < 4.78 is 10.7. The summed E-state index contributed by atoms with van der Waals surface area (Å²) in [5.74, 6) is -1.16. The maximum Gasteiger partial charge on any atom is 0.337 e. The molecular formula is C18H18N4O5S. The highest BCUT2D eigenvalue weighted by Gasteiger charge is 2.14. The first-order valence-electron chi connectivity index (χ1n) is 8.39. The molecule has 0 radical (unpaired) electrons. The first-order chi connectivity index (χ1) is 13.4. The number of nitrogens with one attached hydrogen (secondary N) is 1. The average Bonchev–Trinajstić information content (AvgIpc) is 3.14. The third kappa shape index (κ3) is 4.01. The monoisotopic (exact) mass is 402 g/mol.